The highest BCUT2D eigenvalue weighted by molar-refractivity contribution is 7.07. The van der Waals surface area contributed by atoms with E-state index in [4.69, 9.17) is 0 Å². The number of aliphatic hydroxyl groups is 1. The number of nitrogens with zero attached hydrogens (tertiary/aromatic N) is 4. The van der Waals surface area contributed by atoms with Crippen LogP contribution in [0.3, 0.4) is 0 Å². The van der Waals surface area contributed by atoms with Gasteiger partial charge >= 0.3 is 0 Å². The molecule has 0 radical (unpaired) electrons. The van der Waals surface area contributed by atoms with Gasteiger partial charge in [0.1, 0.15) is 0 Å². The van der Waals surface area contributed by atoms with Crippen LogP contribution in [0.25, 0.3) is 0 Å². The number of aliphatic hydroxyl groups excluding tert-OH is 1. The van der Waals surface area contributed by atoms with Gasteiger partial charge in [-0.3, -0.25) is 14.5 Å². The Balaban J connectivity index is 1.60. The van der Waals surface area contributed by atoms with E-state index in [-0.39, 0.29) is 6.61 Å². The first kappa shape index (κ1) is 15.7. The largest absolute Gasteiger partial charge is 0.396 e. The Morgan fingerprint density at radius 1 is 1.32 bits per heavy atom. The average Bonchev–Trinajstić information content (AvgIpc) is 3.14. The highest BCUT2D eigenvalue weighted by Gasteiger charge is 2.26. The van der Waals surface area contributed by atoms with Gasteiger partial charge in [0.25, 0.3) is 0 Å². The van der Waals surface area contributed by atoms with Gasteiger partial charge in [0.05, 0.1) is 6.20 Å². The fourth-order valence-electron chi connectivity index (χ4n) is 3.16. The molecule has 0 amide bonds. The van der Waals surface area contributed by atoms with E-state index < -0.39 is 0 Å². The van der Waals surface area contributed by atoms with Crippen molar-refractivity contribution in [2.24, 2.45) is 7.05 Å². The molecular weight excluding hydrogens is 296 g/mol. The summed E-state index contributed by atoms with van der Waals surface area (Å²) in [6.07, 6.45) is 4.87. The second kappa shape index (κ2) is 7.37. The van der Waals surface area contributed by atoms with E-state index in [1.165, 1.54) is 11.1 Å². The molecule has 1 fully saturated rings. The summed E-state index contributed by atoms with van der Waals surface area (Å²) in [7, 11) is 1.96. The van der Waals surface area contributed by atoms with Gasteiger partial charge in [-0.2, -0.15) is 16.4 Å². The van der Waals surface area contributed by atoms with Crippen LogP contribution in [0.1, 0.15) is 17.5 Å². The van der Waals surface area contributed by atoms with Gasteiger partial charge in [-0.15, -0.1) is 0 Å². The normalized spacial score (nSPS) is 20.5. The first-order chi connectivity index (χ1) is 10.7. The summed E-state index contributed by atoms with van der Waals surface area (Å²) in [6.45, 7) is 5.34. The van der Waals surface area contributed by atoms with Gasteiger partial charge < -0.3 is 5.11 Å². The molecule has 1 aliphatic heterocycles. The molecule has 1 N–H and O–H groups in total. The number of hydrogen-bond acceptors (Lipinski definition) is 5. The number of piperazine rings is 1. The molecule has 3 rings (SSSR count). The topological polar surface area (TPSA) is 44.5 Å². The van der Waals surface area contributed by atoms with Crippen LogP contribution in [0.5, 0.6) is 0 Å². The highest BCUT2D eigenvalue weighted by atomic mass is 32.1. The van der Waals surface area contributed by atoms with Crippen molar-refractivity contribution in [2.75, 3.05) is 26.2 Å². The molecule has 22 heavy (non-hydrogen) atoms. The predicted octanol–water partition coefficient (Wildman–Crippen LogP) is 1.55. The predicted molar refractivity (Wildman–Crippen MR) is 88.7 cm³/mol. The van der Waals surface area contributed by atoms with Gasteiger partial charge in [-0.05, 0) is 28.8 Å². The minimum absolute atomic E-state index is 0.255. The number of thiophene rings is 1. The standard InChI is InChI=1S/C16H24N4OS/c1-18-9-15(8-17-18)10-19-4-5-20(16(12-19)2-6-21)11-14-3-7-22-13-14/h3,7-9,13,16,21H,2,4-6,10-12H2,1H3. The van der Waals surface area contributed by atoms with Crippen LogP contribution in [0, 0.1) is 0 Å². The summed E-state index contributed by atoms with van der Waals surface area (Å²) >= 11 is 1.75. The first-order valence-corrected chi connectivity index (χ1v) is 8.75. The Morgan fingerprint density at radius 2 is 2.23 bits per heavy atom. The van der Waals surface area contributed by atoms with Gasteiger partial charge in [-0.1, -0.05) is 0 Å². The third kappa shape index (κ3) is 3.95. The second-order valence-corrected chi connectivity index (χ2v) is 6.81. The third-order valence-electron chi connectivity index (χ3n) is 4.28. The van der Waals surface area contributed by atoms with Crippen molar-refractivity contribution in [2.45, 2.75) is 25.6 Å². The second-order valence-electron chi connectivity index (χ2n) is 6.03. The summed E-state index contributed by atoms with van der Waals surface area (Å²) in [4.78, 5) is 4.99. The lowest BCUT2D eigenvalue weighted by molar-refractivity contribution is 0.0500. The molecule has 3 heterocycles. The SMILES string of the molecule is Cn1cc(CN2CCN(Cc3ccsc3)C(CCO)C2)cn1. The van der Waals surface area contributed by atoms with E-state index in [2.05, 4.69) is 37.9 Å². The van der Waals surface area contributed by atoms with E-state index in [1.807, 2.05) is 17.9 Å². The highest BCUT2D eigenvalue weighted by Crippen LogP contribution is 2.19. The zero-order valence-corrected chi connectivity index (χ0v) is 13.9. The lowest BCUT2D eigenvalue weighted by Crippen LogP contribution is -2.52. The summed E-state index contributed by atoms with van der Waals surface area (Å²) in [6, 6.07) is 2.62. The van der Waals surface area contributed by atoms with Crippen molar-refractivity contribution < 1.29 is 5.11 Å². The van der Waals surface area contributed by atoms with Crippen LogP contribution in [0.4, 0.5) is 0 Å². The minimum atomic E-state index is 0.255. The molecule has 2 aromatic heterocycles. The Bertz CT molecular complexity index is 568. The Labute approximate surface area is 135 Å². The molecule has 1 aliphatic rings. The Kier molecular flexibility index (Phi) is 5.25. The number of aromatic nitrogens is 2. The number of rotatable bonds is 6. The fourth-order valence-corrected chi connectivity index (χ4v) is 3.82. The lowest BCUT2D eigenvalue weighted by atomic mass is 10.1. The minimum Gasteiger partial charge on any atom is -0.396 e. The summed E-state index contributed by atoms with van der Waals surface area (Å²) in [5.41, 5.74) is 2.64. The van der Waals surface area contributed by atoms with Gasteiger partial charge in [-0.25, -0.2) is 0 Å². The Hall–Kier alpha value is -1.21. The molecule has 5 nitrogen and oxygen atoms in total. The maximum absolute atomic E-state index is 9.39. The van der Waals surface area contributed by atoms with Crippen LogP contribution in [0.2, 0.25) is 0 Å². The molecule has 1 unspecified atom stereocenters. The van der Waals surface area contributed by atoms with Crippen molar-refractivity contribution in [3.8, 4) is 0 Å². The quantitative estimate of drug-likeness (QED) is 0.877. The van der Waals surface area contributed by atoms with Crippen LogP contribution in [0.15, 0.2) is 29.2 Å². The zero-order chi connectivity index (χ0) is 15.4. The maximum atomic E-state index is 9.39. The van der Waals surface area contributed by atoms with E-state index in [0.29, 0.717) is 6.04 Å². The molecule has 0 bridgehead atoms. The molecular formula is C16H24N4OS. The summed E-state index contributed by atoms with van der Waals surface area (Å²) in [5.74, 6) is 0. The van der Waals surface area contributed by atoms with Crippen molar-refractivity contribution >= 4 is 11.3 Å². The molecule has 1 atom stereocenters. The zero-order valence-electron chi connectivity index (χ0n) is 13.1. The van der Waals surface area contributed by atoms with E-state index in [0.717, 1.165) is 39.1 Å². The summed E-state index contributed by atoms with van der Waals surface area (Å²) < 4.78 is 1.85. The third-order valence-corrected chi connectivity index (χ3v) is 5.01. The van der Waals surface area contributed by atoms with Gasteiger partial charge in [0.2, 0.25) is 0 Å². The monoisotopic (exact) mass is 320 g/mol. The number of aryl methyl sites for hydroxylation is 1. The molecule has 2 aromatic rings. The van der Waals surface area contributed by atoms with Crippen molar-refractivity contribution in [3.05, 3.63) is 40.3 Å². The lowest BCUT2D eigenvalue weighted by Gasteiger charge is -2.41. The van der Waals surface area contributed by atoms with E-state index >= 15 is 0 Å². The van der Waals surface area contributed by atoms with E-state index in [1.54, 1.807) is 11.3 Å². The molecule has 0 spiro atoms. The average molecular weight is 320 g/mol. The van der Waals surface area contributed by atoms with Crippen LogP contribution in [-0.4, -0.2) is 57.0 Å². The molecule has 120 valence electrons. The van der Waals surface area contributed by atoms with Crippen molar-refractivity contribution in [3.63, 3.8) is 0 Å². The van der Waals surface area contributed by atoms with Crippen LogP contribution < -0.4 is 0 Å². The molecule has 6 heteroatoms. The Morgan fingerprint density at radius 3 is 2.91 bits per heavy atom. The van der Waals surface area contributed by atoms with E-state index in [9.17, 15) is 5.11 Å². The maximum Gasteiger partial charge on any atom is 0.0534 e. The molecule has 0 aromatic carbocycles. The molecule has 0 saturated carbocycles. The smallest absolute Gasteiger partial charge is 0.0534 e. The van der Waals surface area contributed by atoms with Crippen molar-refractivity contribution in [1.82, 2.24) is 19.6 Å². The van der Waals surface area contributed by atoms with Crippen LogP contribution in [-0.2, 0) is 20.1 Å². The van der Waals surface area contributed by atoms with Gasteiger partial charge in [0.15, 0.2) is 0 Å². The number of hydrogen-bond donors (Lipinski definition) is 1. The summed E-state index contributed by atoms with van der Waals surface area (Å²) in [5, 5.41) is 18.0. The molecule has 0 aliphatic carbocycles. The molecule has 1 saturated heterocycles. The van der Waals surface area contributed by atoms with Crippen molar-refractivity contribution in [1.29, 1.82) is 0 Å². The fraction of sp³-hybridized carbons (Fsp3) is 0.562. The van der Waals surface area contributed by atoms with Gasteiger partial charge in [0, 0.05) is 64.2 Å². The van der Waals surface area contributed by atoms with Crippen LogP contribution >= 0.6 is 11.3 Å². The first-order valence-electron chi connectivity index (χ1n) is 7.80.